The van der Waals surface area contributed by atoms with Crippen molar-refractivity contribution < 1.29 is 20.1 Å². The molecular weight excluding hydrogens is 394 g/mol. The molecule has 2 aromatic heterocycles. The van der Waals surface area contributed by atoms with Gasteiger partial charge in [-0.15, -0.1) is 0 Å². The molecule has 1 spiro atoms. The average Bonchev–Trinajstić information content (AvgIpc) is 3.01. The fourth-order valence-electron chi connectivity index (χ4n) is 5.24. The molecule has 7 nitrogen and oxygen atoms in total. The van der Waals surface area contributed by atoms with Crippen molar-refractivity contribution in [3.05, 3.63) is 71.7 Å². The topological polar surface area (TPSA) is 98.3 Å². The lowest BCUT2D eigenvalue weighted by Gasteiger charge is -2.15. The van der Waals surface area contributed by atoms with Gasteiger partial charge >= 0.3 is 0 Å². The number of aliphatic hydroxyl groups excluding tert-OH is 2. The second kappa shape index (κ2) is 8.42. The average molecular weight is 424 g/mol. The van der Waals surface area contributed by atoms with E-state index in [4.69, 9.17) is 14.9 Å². The molecular formula is C24H29N3O4. The van der Waals surface area contributed by atoms with E-state index >= 15 is 0 Å². The number of pyridine rings is 1. The van der Waals surface area contributed by atoms with Crippen LogP contribution in [0.1, 0.15) is 29.7 Å². The van der Waals surface area contributed by atoms with Gasteiger partial charge in [0.15, 0.2) is 0 Å². The number of imidazole rings is 1. The highest BCUT2D eigenvalue weighted by molar-refractivity contribution is 5.63. The summed E-state index contributed by atoms with van der Waals surface area (Å²) >= 11 is 0. The lowest BCUT2D eigenvalue weighted by Crippen LogP contribution is -2.23. The van der Waals surface area contributed by atoms with Gasteiger partial charge < -0.3 is 19.7 Å². The molecule has 164 valence electrons. The zero-order chi connectivity index (χ0) is 22.2. The SMILES string of the molecule is CC(=O)O.Cc1ccc2nc(CN3C[C@H](O)[C@@]4(C3)[C@H](CO)[C@H]4c3ccccc3)cn2c1. The minimum absolute atomic E-state index is 0.123. The normalized spacial score (nSPS) is 27.3. The minimum Gasteiger partial charge on any atom is -0.481 e. The molecule has 4 atom stereocenters. The highest BCUT2D eigenvalue weighted by Gasteiger charge is 2.70. The molecule has 5 rings (SSSR count). The molecule has 0 unspecified atom stereocenters. The Hall–Kier alpha value is -2.74. The number of likely N-dealkylation sites (tertiary alicyclic amines) is 1. The first-order chi connectivity index (χ1) is 14.8. The first-order valence-electron chi connectivity index (χ1n) is 10.5. The standard InChI is InChI=1S/C22H25N3O2.C2H4O2/c1-15-7-8-20-23-17(11-25(20)9-15)10-24-12-19(27)22(14-24)18(13-26)21(22)16-5-3-2-4-6-16;1-2(3)4/h2-9,11,18-19,21,26-27H,10,12-14H2,1H3;1H3,(H,3,4)/t18-,19+,21-,22-;/m1./s1. The van der Waals surface area contributed by atoms with Crippen LogP contribution < -0.4 is 0 Å². The Labute approximate surface area is 181 Å². The summed E-state index contributed by atoms with van der Waals surface area (Å²) in [7, 11) is 0. The van der Waals surface area contributed by atoms with Gasteiger partial charge in [0.25, 0.3) is 5.97 Å². The smallest absolute Gasteiger partial charge is 0.300 e. The molecule has 1 aliphatic carbocycles. The highest BCUT2D eigenvalue weighted by atomic mass is 16.4. The zero-order valence-electron chi connectivity index (χ0n) is 17.8. The molecule has 2 aliphatic rings. The van der Waals surface area contributed by atoms with Gasteiger partial charge in [-0.1, -0.05) is 36.4 Å². The number of benzene rings is 1. The lowest BCUT2D eigenvalue weighted by molar-refractivity contribution is -0.134. The number of hydrogen-bond acceptors (Lipinski definition) is 5. The van der Waals surface area contributed by atoms with Crippen molar-refractivity contribution >= 4 is 11.6 Å². The van der Waals surface area contributed by atoms with Crippen LogP contribution in [0.4, 0.5) is 0 Å². The number of aliphatic hydroxyl groups is 2. The minimum atomic E-state index is -0.833. The van der Waals surface area contributed by atoms with Gasteiger partial charge in [-0.25, -0.2) is 4.98 Å². The quantitative estimate of drug-likeness (QED) is 0.596. The molecule has 1 saturated carbocycles. The van der Waals surface area contributed by atoms with Crippen molar-refractivity contribution in [2.24, 2.45) is 11.3 Å². The highest BCUT2D eigenvalue weighted by Crippen LogP contribution is 2.68. The van der Waals surface area contributed by atoms with Gasteiger partial charge in [-0.3, -0.25) is 9.69 Å². The van der Waals surface area contributed by atoms with E-state index in [1.807, 2.05) is 24.3 Å². The van der Waals surface area contributed by atoms with Crippen LogP contribution in [-0.4, -0.2) is 61.4 Å². The largest absolute Gasteiger partial charge is 0.481 e. The molecule has 3 N–H and O–H groups in total. The molecule has 0 amide bonds. The van der Waals surface area contributed by atoms with Crippen LogP contribution in [-0.2, 0) is 11.3 Å². The second-order valence-corrected chi connectivity index (χ2v) is 8.70. The molecule has 3 heterocycles. The molecule has 3 aromatic rings. The number of carbonyl (C=O) groups is 1. The molecule has 7 heteroatoms. The summed E-state index contributed by atoms with van der Waals surface area (Å²) in [6.07, 6.45) is 3.74. The number of carboxylic acid groups (broad SMARTS) is 1. The third kappa shape index (κ3) is 4.08. The third-order valence-electron chi connectivity index (χ3n) is 6.50. The number of rotatable bonds is 4. The van der Waals surface area contributed by atoms with E-state index in [9.17, 15) is 10.2 Å². The number of aliphatic carboxylic acids is 1. The van der Waals surface area contributed by atoms with Crippen molar-refractivity contribution in [1.82, 2.24) is 14.3 Å². The fraction of sp³-hybridized carbons (Fsp3) is 0.417. The number of hydrogen-bond donors (Lipinski definition) is 3. The number of aromatic nitrogens is 2. The zero-order valence-corrected chi connectivity index (χ0v) is 17.8. The number of nitrogens with zero attached hydrogens (tertiary/aromatic N) is 3. The van der Waals surface area contributed by atoms with E-state index < -0.39 is 12.1 Å². The number of fused-ring (bicyclic) bond motifs is 1. The summed E-state index contributed by atoms with van der Waals surface area (Å²) in [5.41, 5.74) is 4.16. The predicted molar refractivity (Wildman–Crippen MR) is 117 cm³/mol. The molecule has 0 bridgehead atoms. The van der Waals surface area contributed by atoms with Gasteiger partial charge in [0.05, 0.1) is 11.8 Å². The van der Waals surface area contributed by atoms with Crippen LogP contribution in [0.3, 0.4) is 0 Å². The molecule has 0 radical (unpaired) electrons. The summed E-state index contributed by atoms with van der Waals surface area (Å²) in [5, 5.41) is 28.2. The van der Waals surface area contributed by atoms with Gasteiger partial charge in [-0.2, -0.15) is 0 Å². The van der Waals surface area contributed by atoms with Crippen LogP contribution in [0, 0.1) is 18.3 Å². The Morgan fingerprint density at radius 1 is 1.19 bits per heavy atom. The van der Waals surface area contributed by atoms with Crippen LogP contribution in [0.25, 0.3) is 5.65 Å². The molecule has 2 fully saturated rings. The van der Waals surface area contributed by atoms with E-state index in [0.29, 0.717) is 6.54 Å². The van der Waals surface area contributed by atoms with Crippen molar-refractivity contribution in [2.45, 2.75) is 32.4 Å². The first kappa shape index (κ1) is 21.5. The molecule has 1 aliphatic heterocycles. The summed E-state index contributed by atoms with van der Waals surface area (Å²) in [6, 6.07) is 14.4. The second-order valence-electron chi connectivity index (χ2n) is 8.70. The van der Waals surface area contributed by atoms with E-state index in [1.54, 1.807) is 0 Å². The summed E-state index contributed by atoms with van der Waals surface area (Å²) in [5.74, 6) is -0.476. The predicted octanol–water partition coefficient (Wildman–Crippen LogP) is 2.30. The lowest BCUT2D eigenvalue weighted by atomic mass is 9.95. The third-order valence-corrected chi connectivity index (χ3v) is 6.50. The Morgan fingerprint density at radius 2 is 1.90 bits per heavy atom. The Morgan fingerprint density at radius 3 is 2.58 bits per heavy atom. The van der Waals surface area contributed by atoms with Gasteiger partial charge in [0.2, 0.25) is 0 Å². The van der Waals surface area contributed by atoms with Gasteiger partial charge in [0, 0.05) is 51.0 Å². The van der Waals surface area contributed by atoms with Crippen molar-refractivity contribution in [1.29, 1.82) is 0 Å². The summed E-state index contributed by atoms with van der Waals surface area (Å²) in [4.78, 5) is 16.0. The van der Waals surface area contributed by atoms with Crippen molar-refractivity contribution in [3.63, 3.8) is 0 Å². The summed E-state index contributed by atoms with van der Waals surface area (Å²) < 4.78 is 2.06. The van der Waals surface area contributed by atoms with Crippen LogP contribution >= 0.6 is 0 Å². The number of carboxylic acids is 1. The maximum absolute atomic E-state index is 10.9. The van der Waals surface area contributed by atoms with Crippen molar-refractivity contribution in [2.75, 3.05) is 19.7 Å². The van der Waals surface area contributed by atoms with Crippen molar-refractivity contribution in [3.8, 4) is 0 Å². The van der Waals surface area contributed by atoms with E-state index in [1.165, 1.54) is 11.1 Å². The van der Waals surface area contributed by atoms with Gasteiger partial charge in [-0.05, 0) is 36.0 Å². The maximum atomic E-state index is 10.9. The van der Waals surface area contributed by atoms with Crippen LogP contribution in [0.15, 0.2) is 54.9 Å². The molecule has 31 heavy (non-hydrogen) atoms. The number of aryl methyl sites for hydroxylation is 1. The monoisotopic (exact) mass is 423 g/mol. The van der Waals surface area contributed by atoms with E-state index in [2.05, 4.69) is 46.8 Å². The molecule has 1 saturated heterocycles. The number of β-amino-alcohol motifs (C(OH)–C–C–N with tert-alkyl or cyclic N) is 1. The Balaban J connectivity index is 0.000000535. The maximum Gasteiger partial charge on any atom is 0.300 e. The molecule has 1 aromatic carbocycles. The van der Waals surface area contributed by atoms with E-state index in [0.717, 1.165) is 31.4 Å². The van der Waals surface area contributed by atoms with Crippen LogP contribution in [0.2, 0.25) is 0 Å². The van der Waals surface area contributed by atoms with Gasteiger partial charge in [0.1, 0.15) is 5.65 Å². The van der Waals surface area contributed by atoms with Crippen LogP contribution in [0.5, 0.6) is 0 Å². The van der Waals surface area contributed by atoms with E-state index in [-0.39, 0.29) is 23.9 Å². The first-order valence-corrected chi connectivity index (χ1v) is 10.5. The Kier molecular flexibility index (Phi) is 5.83. The Bertz CT molecular complexity index is 1060. The fourth-order valence-corrected chi connectivity index (χ4v) is 5.24. The summed E-state index contributed by atoms with van der Waals surface area (Å²) in [6.45, 7) is 5.43.